The number of rotatable bonds is 3. The van der Waals surface area contributed by atoms with Gasteiger partial charge in [-0.15, -0.1) is 0 Å². The molecule has 0 atom stereocenters. The van der Waals surface area contributed by atoms with Crippen LogP contribution in [0, 0.1) is 5.82 Å². The van der Waals surface area contributed by atoms with Crippen LogP contribution in [0.15, 0.2) is 24.3 Å². The van der Waals surface area contributed by atoms with E-state index in [1.165, 1.54) is 11.1 Å². The van der Waals surface area contributed by atoms with Crippen LogP contribution in [0.3, 0.4) is 0 Å². The average molecular weight is 238 g/mol. The highest BCUT2D eigenvalue weighted by Crippen LogP contribution is 2.24. The molecule has 1 N–H and O–H groups in total. The van der Waals surface area contributed by atoms with Gasteiger partial charge in [0.25, 0.3) is 0 Å². The lowest BCUT2D eigenvalue weighted by Gasteiger charge is -2.39. The number of aliphatic hydroxyl groups excluding tert-OH is 1. The fraction of sp³-hybridized carbons (Fsp3) is 0.417. The maximum absolute atomic E-state index is 13.7. The van der Waals surface area contributed by atoms with Gasteiger partial charge >= 0.3 is 0 Å². The minimum atomic E-state index is -0.356. The molecular weight excluding hydrogens is 223 g/mol. The standard InChI is InChI=1S/C12H15FN2O2/c13-10-4-1-2-5-11(10)14-7-3-6-12(17)15(14)8-9-16/h1-2,4-5,16H,3,6-9H2. The number of para-hydroxylation sites is 1. The Morgan fingerprint density at radius 3 is 2.82 bits per heavy atom. The lowest BCUT2D eigenvalue weighted by atomic mass is 10.2. The van der Waals surface area contributed by atoms with Crippen LogP contribution in [0.4, 0.5) is 10.1 Å². The van der Waals surface area contributed by atoms with E-state index < -0.39 is 0 Å². The molecule has 1 fully saturated rings. The highest BCUT2D eigenvalue weighted by atomic mass is 19.1. The van der Waals surface area contributed by atoms with Crippen molar-refractivity contribution in [3.05, 3.63) is 30.1 Å². The van der Waals surface area contributed by atoms with Crippen LogP contribution >= 0.6 is 0 Å². The van der Waals surface area contributed by atoms with Crippen molar-refractivity contribution in [1.82, 2.24) is 5.01 Å². The van der Waals surface area contributed by atoms with Gasteiger partial charge in [-0.2, -0.15) is 0 Å². The zero-order valence-corrected chi connectivity index (χ0v) is 9.47. The first-order valence-corrected chi connectivity index (χ1v) is 5.67. The van der Waals surface area contributed by atoms with Gasteiger partial charge < -0.3 is 5.11 Å². The van der Waals surface area contributed by atoms with E-state index in [1.54, 1.807) is 23.2 Å². The van der Waals surface area contributed by atoms with Crippen molar-refractivity contribution in [2.75, 3.05) is 24.7 Å². The van der Waals surface area contributed by atoms with Crippen LogP contribution in [0.2, 0.25) is 0 Å². The lowest BCUT2D eigenvalue weighted by molar-refractivity contribution is -0.134. The number of carbonyl (C=O) groups is 1. The van der Waals surface area contributed by atoms with Crippen LogP contribution < -0.4 is 5.01 Å². The van der Waals surface area contributed by atoms with E-state index >= 15 is 0 Å². The predicted molar refractivity (Wildman–Crippen MR) is 61.8 cm³/mol. The molecule has 1 aliphatic rings. The summed E-state index contributed by atoms with van der Waals surface area (Å²) >= 11 is 0. The van der Waals surface area contributed by atoms with Crippen molar-refractivity contribution >= 4 is 11.6 Å². The molecule has 0 bridgehead atoms. The first-order chi connectivity index (χ1) is 8.24. The second-order valence-electron chi connectivity index (χ2n) is 3.92. The van der Waals surface area contributed by atoms with Crippen molar-refractivity contribution in [3.8, 4) is 0 Å². The summed E-state index contributed by atoms with van der Waals surface area (Å²) in [5, 5.41) is 12.0. The number of β-amino-alcohol motifs (C(OH)–C–C–N with tert-alkyl or cyclic N) is 1. The number of amides is 1. The summed E-state index contributed by atoms with van der Waals surface area (Å²) in [6.45, 7) is 0.663. The highest BCUT2D eigenvalue weighted by Gasteiger charge is 2.27. The molecule has 92 valence electrons. The number of halogens is 1. The molecular formula is C12H15FN2O2. The van der Waals surface area contributed by atoms with E-state index in [0.29, 0.717) is 25.1 Å². The Kier molecular flexibility index (Phi) is 3.58. The lowest BCUT2D eigenvalue weighted by Crippen LogP contribution is -2.52. The maximum atomic E-state index is 13.7. The average Bonchev–Trinajstić information content (AvgIpc) is 2.33. The van der Waals surface area contributed by atoms with E-state index in [0.717, 1.165) is 0 Å². The van der Waals surface area contributed by atoms with Crippen molar-refractivity contribution in [1.29, 1.82) is 0 Å². The van der Waals surface area contributed by atoms with Crippen LogP contribution in [0.1, 0.15) is 12.8 Å². The topological polar surface area (TPSA) is 43.8 Å². The second-order valence-corrected chi connectivity index (χ2v) is 3.92. The molecule has 1 aromatic carbocycles. The molecule has 1 aromatic rings. The summed E-state index contributed by atoms with van der Waals surface area (Å²) in [5.41, 5.74) is 0.383. The Morgan fingerprint density at radius 1 is 1.35 bits per heavy atom. The molecule has 5 heteroatoms. The number of aliphatic hydroxyl groups is 1. The van der Waals surface area contributed by atoms with E-state index in [2.05, 4.69) is 0 Å². The maximum Gasteiger partial charge on any atom is 0.241 e. The minimum Gasteiger partial charge on any atom is -0.394 e. The molecule has 1 amide bonds. The fourth-order valence-corrected chi connectivity index (χ4v) is 2.02. The smallest absolute Gasteiger partial charge is 0.241 e. The van der Waals surface area contributed by atoms with Gasteiger partial charge in [0.15, 0.2) is 0 Å². The predicted octanol–water partition coefficient (Wildman–Crippen LogP) is 1.16. The first-order valence-electron chi connectivity index (χ1n) is 5.67. The van der Waals surface area contributed by atoms with Crippen LogP contribution in [0.5, 0.6) is 0 Å². The van der Waals surface area contributed by atoms with E-state index in [1.807, 2.05) is 0 Å². The van der Waals surface area contributed by atoms with Gasteiger partial charge in [-0.3, -0.25) is 14.8 Å². The summed E-state index contributed by atoms with van der Waals surface area (Å²) in [6, 6.07) is 6.35. The monoisotopic (exact) mass is 238 g/mol. The molecule has 1 saturated heterocycles. The normalized spacial score (nSPS) is 16.5. The second kappa shape index (κ2) is 5.14. The Morgan fingerprint density at radius 2 is 2.12 bits per heavy atom. The molecule has 2 rings (SSSR count). The molecule has 17 heavy (non-hydrogen) atoms. The van der Waals surface area contributed by atoms with Crippen molar-refractivity contribution < 1.29 is 14.3 Å². The summed E-state index contributed by atoms with van der Waals surface area (Å²) in [6.07, 6.45) is 1.15. The van der Waals surface area contributed by atoms with Gasteiger partial charge in [0.05, 0.1) is 18.8 Å². The Hall–Kier alpha value is -1.62. The Balaban J connectivity index is 2.28. The molecule has 1 heterocycles. The number of hydrogen-bond acceptors (Lipinski definition) is 3. The van der Waals surface area contributed by atoms with Gasteiger partial charge in [0.2, 0.25) is 5.91 Å². The third-order valence-corrected chi connectivity index (χ3v) is 2.78. The summed E-state index contributed by atoms with van der Waals surface area (Å²) in [7, 11) is 0. The zero-order valence-electron chi connectivity index (χ0n) is 9.47. The molecule has 0 aromatic heterocycles. The number of nitrogens with zero attached hydrogens (tertiary/aromatic N) is 2. The molecule has 1 aliphatic heterocycles. The fourth-order valence-electron chi connectivity index (χ4n) is 2.02. The van der Waals surface area contributed by atoms with E-state index in [9.17, 15) is 9.18 Å². The summed E-state index contributed by atoms with van der Waals surface area (Å²) in [4.78, 5) is 11.7. The number of hydrogen-bond donors (Lipinski definition) is 1. The van der Waals surface area contributed by atoms with Gasteiger partial charge in [-0.05, 0) is 18.6 Å². The minimum absolute atomic E-state index is 0.0754. The van der Waals surface area contributed by atoms with E-state index in [4.69, 9.17) is 5.11 Å². The molecule has 4 nitrogen and oxygen atoms in total. The van der Waals surface area contributed by atoms with Crippen LogP contribution in [-0.2, 0) is 4.79 Å². The molecule has 0 spiro atoms. The molecule has 0 radical (unpaired) electrons. The number of carbonyl (C=O) groups excluding carboxylic acids is 1. The summed E-state index contributed by atoms with van der Waals surface area (Å²) in [5.74, 6) is -0.432. The van der Waals surface area contributed by atoms with Crippen molar-refractivity contribution in [3.63, 3.8) is 0 Å². The molecule has 0 saturated carbocycles. The van der Waals surface area contributed by atoms with Gasteiger partial charge in [-0.1, -0.05) is 12.1 Å². The Labute approximate surface area is 99.2 Å². The largest absolute Gasteiger partial charge is 0.394 e. The highest BCUT2D eigenvalue weighted by molar-refractivity contribution is 5.79. The Bertz CT molecular complexity index is 411. The number of hydrazine groups is 1. The van der Waals surface area contributed by atoms with Gasteiger partial charge in [0.1, 0.15) is 5.82 Å². The van der Waals surface area contributed by atoms with Crippen LogP contribution in [0.25, 0.3) is 0 Å². The van der Waals surface area contributed by atoms with Crippen molar-refractivity contribution in [2.24, 2.45) is 0 Å². The third kappa shape index (κ3) is 2.39. The van der Waals surface area contributed by atoms with E-state index in [-0.39, 0.29) is 24.9 Å². The first kappa shape index (κ1) is 11.9. The number of benzene rings is 1. The zero-order chi connectivity index (χ0) is 12.3. The molecule has 0 aliphatic carbocycles. The number of anilines is 1. The SMILES string of the molecule is O=C1CCCN(c2ccccc2F)N1CCO. The summed E-state index contributed by atoms with van der Waals surface area (Å²) < 4.78 is 13.7. The van der Waals surface area contributed by atoms with Gasteiger partial charge in [-0.25, -0.2) is 4.39 Å². The van der Waals surface area contributed by atoms with Crippen LogP contribution in [-0.4, -0.2) is 35.7 Å². The van der Waals surface area contributed by atoms with Gasteiger partial charge in [0, 0.05) is 13.0 Å². The quantitative estimate of drug-likeness (QED) is 0.859. The third-order valence-electron chi connectivity index (χ3n) is 2.78. The van der Waals surface area contributed by atoms with Crippen molar-refractivity contribution in [2.45, 2.75) is 12.8 Å². The molecule has 0 unspecified atom stereocenters.